The molecule has 1 heterocycles. The second-order valence-corrected chi connectivity index (χ2v) is 14.2. The van der Waals surface area contributed by atoms with Crippen molar-refractivity contribution in [3.8, 4) is 11.5 Å². The van der Waals surface area contributed by atoms with Crippen molar-refractivity contribution >= 4 is 35.6 Å². The van der Waals surface area contributed by atoms with Crippen LogP contribution in [0.4, 0.5) is 0 Å². The summed E-state index contributed by atoms with van der Waals surface area (Å²) in [6.45, 7) is 12.5. The molecule has 36 heavy (non-hydrogen) atoms. The molecule has 1 aliphatic heterocycles. The van der Waals surface area contributed by atoms with Gasteiger partial charge in [-0.1, -0.05) is 0 Å². The van der Waals surface area contributed by atoms with Gasteiger partial charge in [-0.3, -0.25) is 0 Å². The summed E-state index contributed by atoms with van der Waals surface area (Å²) in [4.78, 5) is 0. The fourth-order valence-electron chi connectivity index (χ4n) is 5.01. The molecule has 0 aromatic heterocycles. The van der Waals surface area contributed by atoms with E-state index in [1.165, 1.54) is 12.8 Å². The summed E-state index contributed by atoms with van der Waals surface area (Å²) in [6, 6.07) is 8.15. The number of hydrogen-bond donors (Lipinski definition) is 2. The van der Waals surface area contributed by atoms with Gasteiger partial charge in [-0.15, -0.1) is 0 Å². The Hall–Kier alpha value is -1.03. The molecule has 4 nitrogen and oxygen atoms in total. The van der Waals surface area contributed by atoms with Crippen LogP contribution in [0.5, 0.6) is 11.5 Å². The first kappa shape index (κ1) is 29.5. The second kappa shape index (κ2) is 11.0. The molecular weight excluding hydrogens is 599 g/mol. The Bertz CT molecular complexity index is 1120. The first-order valence-corrected chi connectivity index (χ1v) is 14.2. The maximum atomic E-state index is 11.1. The number of halogens is 3. The summed E-state index contributed by atoms with van der Waals surface area (Å²) in [6.07, 6.45) is 8.78. The number of phenolic OH excluding ortho intramolecular Hbond substituents is 2. The van der Waals surface area contributed by atoms with Crippen LogP contribution in [0.1, 0.15) is 89.5 Å². The Kier molecular flexibility index (Phi) is 9.01. The van der Waals surface area contributed by atoms with E-state index in [0.717, 1.165) is 35.1 Å². The minimum absolute atomic E-state index is 0. The third-order valence-electron chi connectivity index (χ3n) is 6.89. The third kappa shape index (κ3) is 6.16. The van der Waals surface area contributed by atoms with Gasteiger partial charge in [-0.25, -0.2) is 0 Å². The Balaban J connectivity index is 0.00000361. The van der Waals surface area contributed by atoms with Gasteiger partial charge >= 0.3 is 227 Å². The molecule has 0 unspecified atom stereocenters. The molecule has 0 radical (unpaired) electrons. The van der Waals surface area contributed by atoms with Crippen LogP contribution < -0.4 is 17.0 Å². The minimum atomic E-state index is -0.213. The van der Waals surface area contributed by atoms with Gasteiger partial charge < -0.3 is 17.0 Å². The van der Waals surface area contributed by atoms with E-state index in [4.69, 9.17) is 23.2 Å². The molecule has 2 aromatic rings. The zero-order chi connectivity index (χ0) is 25.7. The van der Waals surface area contributed by atoms with E-state index in [-0.39, 0.29) is 43.5 Å². The van der Waals surface area contributed by atoms with Gasteiger partial charge in [0.2, 0.25) is 0 Å². The van der Waals surface area contributed by atoms with Crippen molar-refractivity contribution in [2.75, 3.05) is 0 Å². The molecule has 2 aromatic carbocycles. The SMILES string of the molecule is CC(C)(C)c1cc(Cl)cc(C=[N+]2[Cr][N+](=Cc3cc(Cl)cc(C(C)(C)C)c3O)[C@@H]3CCCC[C@H]32)c1O.[Br-]. The van der Waals surface area contributed by atoms with E-state index < -0.39 is 0 Å². The van der Waals surface area contributed by atoms with Crippen molar-refractivity contribution in [3.63, 3.8) is 0 Å². The van der Waals surface area contributed by atoms with Crippen molar-refractivity contribution in [2.24, 2.45) is 0 Å². The minimum Gasteiger partial charge on any atom is -1.00 e. The topological polar surface area (TPSA) is 46.5 Å². The van der Waals surface area contributed by atoms with Crippen molar-refractivity contribution in [2.45, 2.75) is 90.1 Å². The van der Waals surface area contributed by atoms with Crippen LogP contribution in [0.25, 0.3) is 0 Å². The van der Waals surface area contributed by atoms with Crippen LogP contribution >= 0.6 is 23.2 Å². The maximum absolute atomic E-state index is 11.1. The number of phenols is 2. The zero-order valence-corrected chi connectivity index (χ0v) is 26.2. The van der Waals surface area contributed by atoms with Crippen LogP contribution in [0.15, 0.2) is 24.3 Å². The van der Waals surface area contributed by atoms with Gasteiger partial charge in [0.15, 0.2) is 0 Å². The van der Waals surface area contributed by atoms with Gasteiger partial charge in [0, 0.05) is 0 Å². The summed E-state index contributed by atoms with van der Waals surface area (Å²) >= 11 is 12.9. The van der Waals surface area contributed by atoms with E-state index >= 15 is 0 Å². The van der Waals surface area contributed by atoms with E-state index in [2.05, 4.69) is 61.1 Å². The molecule has 8 heteroatoms. The Morgan fingerprint density at radius 2 is 1.11 bits per heavy atom. The average molecular weight is 635 g/mol. The van der Waals surface area contributed by atoms with Crippen LogP contribution in [-0.2, 0) is 26.5 Å². The smallest absolute Gasteiger partial charge is 1.00 e. The summed E-state index contributed by atoms with van der Waals surface area (Å²) in [7, 11) is 0. The number of benzene rings is 2. The molecule has 1 aliphatic carbocycles. The second-order valence-electron chi connectivity index (χ2n) is 11.8. The molecule has 2 aliphatic rings. The molecule has 2 N–H and O–H groups in total. The predicted molar refractivity (Wildman–Crippen MR) is 141 cm³/mol. The van der Waals surface area contributed by atoms with Gasteiger partial charge in [-0.05, 0) is 0 Å². The number of rotatable bonds is 2. The standard InChI is InChI=1S/C28H36Cl2N2O2.BrH.Cr/c1-27(2,3)21-13-19(29)11-17(25(21)33)15-31-23-9-7-8-10-24(23)32-16-18-12-20(30)14-22(26(18)34)28(4,5)6;;/h11-16,23-24,33-34H,7-10H2,1-6H3;1H;/q;;+2/p-1/t23-,24-;;/m1../s1. The van der Waals surface area contributed by atoms with E-state index in [1.807, 2.05) is 24.3 Å². The van der Waals surface area contributed by atoms with Crippen molar-refractivity contribution in [1.29, 1.82) is 0 Å². The van der Waals surface area contributed by atoms with Gasteiger partial charge in [-0.2, -0.15) is 0 Å². The first-order chi connectivity index (χ1) is 16.3. The summed E-state index contributed by atoms with van der Waals surface area (Å²) in [5, 5.41) is 23.5. The summed E-state index contributed by atoms with van der Waals surface area (Å²) in [5.41, 5.74) is 2.80. The van der Waals surface area contributed by atoms with Gasteiger partial charge in [0.1, 0.15) is 0 Å². The normalized spacial score (nSPS) is 22.6. The zero-order valence-electron chi connectivity index (χ0n) is 21.8. The van der Waals surface area contributed by atoms with E-state index in [9.17, 15) is 10.2 Å². The molecule has 2 atom stereocenters. The Morgan fingerprint density at radius 1 is 0.750 bits per heavy atom. The van der Waals surface area contributed by atoms with Crippen molar-refractivity contribution in [3.05, 3.63) is 56.6 Å². The molecule has 196 valence electrons. The van der Waals surface area contributed by atoms with E-state index in [1.54, 1.807) is 0 Å². The fourth-order valence-corrected chi connectivity index (χ4v) is 7.45. The van der Waals surface area contributed by atoms with Crippen molar-refractivity contribution < 1.29 is 50.0 Å². The molecular formula is C28H36BrCl2CrN2O2+. The molecule has 0 bridgehead atoms. The summed E-state index contributed by atoms with van der Waals surface area (Å²) in [5.74, 6) is 0.601. The van der Waals surface area contributed by atoms with Gasteiger partial charge in [0.25, 0.3) is 0 Å². The summed E-state index contributed by atoms with van der Waals surface area (Å²) < 4.78 is 4.77. The van der Waals surface area contributed by atoms with Gasteiger partial charge in [0.05, 0.1) is 0 Å². The molecule has 1 saturated carbocycles. The molecule has 1 saturated heterocycles. The number of nitrogens with zero attached hydrogens (tertiary/aromatic N) is 2. The Morgan fingerprint density at radius 3 is 1.44 bits per heavy atom. The third-order valence-corrected chi connectivity index (χ3v) is 9.09. The molecule has 0 spiro atoms. The number of hydrogen-bond acceptors (Lipinski definition) is 2. The van der Waals surface area contributed by atoms with Crippen LogP contribution in [-0.4, -0.2) is 41.8 Å². The van der Waals surface area contributed by atoms with E-state index in [0.29, 0.717) is 33.6 Å². The van der Waals surface area contributed by atoms with Crippen LogP contribution in [0.3, 0.4) is 0 Å². The molecule has 2 fully saturated rings. The van der Waals surface area contributed by atoms with Crippen LogP contribution in [0, 0.1) is 0 Å². The van der Waals surface area contributed by atoms with Crippen LogP contribution in [0.2, 0.25) is 10.0 Å². The molecule has 0 amide bonds. The maximum Gasteiger partial charge on any atom is -1.00 e. The largest absolute Gasteiger partial charge is 1.00 e. The fraction of sp³-hybridized carbons (Fsp3) is 0.500. The van der Waals surface area contributed by atoms with Crippen molar-refractivity contribution in [1.82, 2.24) is 0 Å². The quantitative estimate of drug-likeness (QED) is 0.528. The monoisotopic (exact) mass is 633 g/mol. The number of fused-ring (bicyclic) bond motifs is 1. The predicted octanol–water partition coefficient (Wildman–Crippen LogP) is 3.80. The average Bonchev–Trinajstić information content (AvgIpc) is 3.08. The Labute approximate surface area is 242 Å². The first-order valence-electron chi connectivity index (χ1n) is 12.3. The molecule has 4 rings (SSSR count). The number of aromatic hydroxyl groups is 2.